The summed E-state index contributed by atoms with van der Waals surface area (Å²) in [6.07, 6.45) is 3.10. The third-order valence-corrected chi connectivity index (χ3v) is 2.63. The highest BCUT2D eigenvalue weighted by atomic mass is 19.1. The summed E-state index contributed by atoms with van der Waals surface area (Å²) in [5.41, 5.74) is 6.49. The van der Waals surface area contributed by atoms with Gasteiger partial charge in [-0.15, -0.1) is 0 Å². The molecule has 4 nitrogen and oxygen atoms in total. The van der Waals surface area contributed by atoms with Crippen molar-refractivity contribution in [2.24, 2.45) is 5.73 Å². The largest absolute Gasteiger partial charge is 0.481 e. The van der Waals surface area contributed by atoms with Crippen LogP contribution in [-0.2, 0) is 11.2 Å². The third-order valence-electron chi connectivity index (χ3n) is 2.63. The fourth-order valence-electron chi connectivity index (χ4n) is 1.59. The smallest absolute Gasteiger partial charge is 0.303 e. The van der Waals surface area contributed by atoms with Gasteiger partial charge in [-0.3, -0.25) is 4.79 Å². The van der Waals surface area contributed by atoms with E-state index >= 15 is 0 Å². The molecule has 2 atom stereocenters. The summed E-state index contributed by atoms with van der Waals surface area (Å²) in [4.78, 5) is 10.4. The van der Waals surface area contributed by atoms with Crippen LogP contribution in [0.3, 0.4) is 0 Å². The predicted octanol–water partition coefficient (Wildman–Crippen LogP) is 1.48. The number of carbonyl (C=O) groups is 1. The van der Waals surface area contributed by atoms with Gasteiger partial charge in [0.15, 0.2) is 0 Å². The second-order valence-corrected chi connectivity index (χ2v) is 4.38. The number of nitrogens with two attached hydrogens (primary N) is 1. The molecule has 0 unspecified atom stereocenters. The Morgan fingerprint density at radius 2 is 1.95 bits per heavy atom. The minimum atomic E-state index is -0.893. The molecule has 5 heteroatoms. The molecule has 19 heavy (non-hydrogen) atoms. The van der Waals surface area contributed by atoms with Gasteiger partial charge >= 0.3 is 5.97 Å². The average molecular weight is 267 g/mol. The van der Waals surface area contributed by atoms with Crippen LogP contribution in [0.25, 0.3) is 0 Å². The van der Waals surface area contributed by atoms with E-state index in [4.69, 9.17) is 10.8 Å². The molecule has 4 N–H and O–H groups in total. The number of carboxylic acids is 1. The summed E-state index contributed by atoms with van der Waals surface area (Å²) in [6, 6.07) is 5.50. The summed E-state index contributed by atoms with van der Waals surface area (Å²) in [5.74, 6) is -1.21. The Balaban J connectivity index is 2.39. The fraction of sp³-hybridized carbons (Fsp3) is 0.357. The molecule has 0 fully saturated rings. The third kappa shape index (κ3) is 6.69. The Hall–Kier alpha value is -1.72. The minimum Gasteiger partial charge on any atom is -0.481 e. The van der Waals surface area contributed by atoms with Crippen LogP contribution < -0.4 is 5.73 Å². The Morgan fingerprint density at radius 3 is 2.53 bits per heavy atom. The maximum Gasteiger partial charge on any atom is 0.303 e. The molecule has 104 valence electrons. The number of carboxylic acid groups (broad SMARTS) is 1. The summed E-state index contributed by atoms with van der Waals surface area (Å²) in [6.45, 7) is 0. The van der Waals surface area contributed by atoms with Crippen molar-refractivity contribution in [3.05, 3.63) is 47.8 Å². The van der Waals surface area contributed by atoms with E-state index in [1.165, 1.54) is 18.2 Å². The van der Waals surface area contributed by atoms with Crippen molar-refractivity contribution < 1.29 is 19.4 Å². The summed E-state index contributed by atoms with van der Waals surface area (Å²) in [7, 11) is 0. The fourth-order valence-corrected chi connectivity index (χ4v) is 1.59. The van der Waals surface area contributed by atoms with Crippen molar-refractivity contribution in [3.63, 3.8) is 0 Å². The number of aliphatic carboxylic acids is 1. The van der Waals surface area contributed by atoms with Crippen molar-refractivity contribution in [2.45, 2.75) is 31.4 Å². The lowest BCUT2D eigenvalue weighted by Crippen LogP contribution is -2.19. The van der Waals surface area contributed by atoms with E-state index in [9.17, 15) is 14.3 Å². The first-order valence-corrected chi connectivity index (χ1v) is 6.05. The van der Waals surface area contributed by atoms with Gasteiger partial charge in [0.1, 0.15) is 5.82 Å². The highest BCUT2D eigenvalue weighted by Gasteiger charge is 2.05. The van der Waals surface area contributed by atoms with E-state index in [0.717, 1.165) is 5.56 Å². The lowest BCUT2D eigenvalue weighted by molar-refractivity contribution is -0.137. The first-order chi connectivity index (χ1) is 8.97. The first kappa shape index (κ1) is 15.3. The van der Waals surface area contributed by atoms with Gasteiger partial charge in [0.25, 0.3) is 0 Å². The molecule has 1 aromatic carbocycles. The van der Waals surface area contributed by atoms with Crippen LogP contribution in [0.2, 0.25) is 0 Å². The van der Waals surface area contributed by atoms with E-state index < -0.39 is 12.1 Å². The molecule has 0 spiro atoms. The number of benzene rings is 1. The highest BCUT2D eigenvalue weighted by Crippen LogP contribution is 2.07. The van der Waals surface area contributed by atoms with E-state index in [1.807, 2.05) is 0 Å². The van der Waals surface area contributed by atoms with Crippen molar-refractivity contribution in [1.82, 2.24) is 0 Å². The maximum atomic E-state index is 12.7. The predicted molar refractivity (Wildman–Crippen MR) is 70.1 cm³/mol. The van der Waals surface area contributed by atoms with Gasteiger partial charge in [0.05, 0.1) is 6.10 Å². The Labute approximate surface area is 111 Å². The normalized spacial score (nSPS) is 14.5. The summed E-state index contributed by atoms with van der Waals surface area (Å²) < 4.78 is 12.7. The number of hydrogen-bond donors (Lipinski definition) is 3. The molecule has 0 saturated carbocycles. The summed E-state index contributed by atoms with van der Waals surface area (Å²) >= 11 is 0. The number of aliphatic hydroxyl groups is 1. The lowest BCUT2D eigenvalue weighted by Gasteiger charge is -2.08. The quantitative estimate of drug-likeness (QED) is 0.653. The Bertz CT molecular complexity index is 431. The molecular formula is C14H18FNO3. The van der Waals surface area contributed by atoms with Crippen LogP contribution in [0.1, 0.15) is 18.4 Å². The Kier molecular flexibility index (Phi) is 6.18. The van der Waals surface area contributed by atoms with Gasteiger partial charge in [-0.1, -0.05) is 24.3 Å². The molecule has 0 amide bonds. The molecular weight excluding hydrogens is 249 g/mol. The van der Waals surface area contributed by atoms with Gasteiger partial charge < -0.3 is 15.9 Å². The zero-order chi connectivity index (χ0) is 14.3. The van der Waals surface area contributed by atoms with Gasteiger partial charge in [-0.05, 0) is 24.1 Å². The van der Waals surface area contributed by atoms with E-state index in [2.05, 4.69) is 0 Å². The zero-order valence-corrected chi connectivity index (χ0v) is 10.5. The van der Waals surface area contributed by atoms with Crippen molar-refractivity contribution >= 4 is 5.97 Å². The van der Waals surface area contributed by atoms with Gasteiger partial charge in [0.2, 0.25) is 0 Å². The van der Waals surface area contributed by atoms with E-state index in [1.54, 1.807) is 18.2 Å². The maximum absolute atomic E-state index is 12.7. The van der Waals surface area contributed by atoms with Crippen LogP contribution in [0.15, 0.2) is 36.4 Å². The van der Waals surface area contributed by atoms with Gasteiger partial charge in [0, 0.05) is 18.9 Å². The highest BCUT2D eigenvalue weighted by molar-refractivity contribution is 5.66. The number of halogens is 1. The van der Waals surface area contributed by atoms with Crippen molar-refractivity contribution in [1.29, 1.82) is 0 Å². The monoisotopic (exact) mass is 267 g/mol. The lowest BCUT2D eigenvalue weighted by atomic mass is 10.1. The first-order valence-electron chi connectivity index (χ1n) is 6.05. The van der Waals surface area contributed by atoms with Crippen LogP contribution in [0.4, 0.5) is 4.39 Å². The van der Waals surface area contributed by atoms with Gasteiger partial charge in [-0.2, -0.15) is 0 Å². The summed E-state index contributed by atoms with van der Waals surface area (Å²) in [5, 5.41) is 18.2. The molecule has 1 rings (SSSR count). The molecule has 0 aliphatic carbocycles. The topological polar surface area (TPSA) is 83.5 Å². The number of aliphatic hydroxyl groups excluding tert-OH is 1. The SMILES string of the molecule is N[C@@H](C=C[C@@H](O)Cc1ccc(F)cc1)CCC(=O)O. The molecule has 0 bridgehead atoms. The molecule has 0 aliphatic heterocycles. The van der Waals surface area contributed by atoms with Crippen LogP contribution in [0, 0.1) is 5.82 Å². The zero-order valence-electron chi connectivity index (χ0n) is 10.5. The standard InChI is InChI=1S/C14H18FNO3/c15-11-3-1-10(2-4-11)9-13(17)7-5-12(16)6-8-14(18)19/h1-5,7,12-13,17H,6,8-9,16H2,(H,18,19)/t12-,13+/m0/s1. The van der Waals surface area contributed by atoms with Crippen LogP contribution in [0.5, 0.6) is 0 Å². The van der Waals surface area contributed by atoms with E-state index in [-0.39, 0.29) is 18.3 Å². The van der Waals surface area contributed by atoms with Crippen molar-refractivity contribution in [3.8, 4) is 0 Å². The second-order valence-electron chi connectivity index (χ2n) is 4.38. The molecule has 0 aliphatic rings. The molecule has 0 aromatic heterocycles. The number of rotatable bonds is 7. The molecule has 0 heterocycles. The average Bonchev–Trinajstić information content (AvgIpc) is 2.36. The molecule has 0 radical (unpaired) electrons. The van der Waals surface area contributed by atoms with Crippen LogP contribution in [-0.4, -0.2) is 28.3 Å². The van der Waals surface area contributed by atoms with E-state index in [0.29, 0.717) is 12.8 Å². The van der Waals surface area contributed by atoms with Gasteiger partial charge in [-0.25, -0.2) is 4.39 Å². The minimum absolute atomic E-state index is 0.000433. The van der Waals surface area contributed by atoms with Crippen molar-refractivity contribution in [2.75, 3.05) is 0 Å². The Morgan fingerprint density at radius 1 is 1.32 bits per heavy atom. The number of hydrogen-bond acceptors (Lipinski definition) is 3. The molecule has 0 saturated heterocycles. The molecule has 1 aromatic rings. The second kappa shape index (κ2) is 7.66. The van der Waals surface area contributed by atoms with Crippen LogP contribution >= 0.6 is 0 Å².